The van der Waals surface area contributed by atoms with Crippen LogP contribution in [-0.2, 0) is 24.2 Å². The maximum absolute atomic E-state index is 12.4. The van der Waals surface area contributed by atoms with E-state index in [2.05, 4.69) is 31.9 Å². The van der Waals surface area contributed by atoms with E-state index in [-0.39, 0.29) is 4.75 Å². The van der Waals surface area contributed by atoms with Gasteiger partial charge in [0.2, 0.25) is 0 Å². The Kier molecular flexibility index (Phi) is 4.15. The Balaban J connectivity index is 2.13. The summed E-state index contributed by atoms with van der Waals surface area (Å²) in [5.74, 6) is 1.48. The Labute approximate surface area is 113 Å². The molecule has 2 heterocycles. The van der Waals surface area contributed by atoms with E-state index in [1.165, 1.54) is 6.42 Å². The van der Waals surface area contributed by atoms with Gasteiger partial charge in [0.05, 0.1) is 10.4 Å². The molecular formula is C14H22N2OS. The average Bonchev–Trinajstić information content (AvgIpc) is 2.96. The minimum Gasteiger partial charge on any atom is -0.298 e. The van der Waals surface area contributed by atoms with Gasteiger partial charge in [-0.2, -0.15) is 5.10 Å². The molecule has 18 heavy (non-hydrogen) atoms. The molecule has 0 saturated carbocycles. The summed E-state index contributed by atoms with van der Waals surface area (Å²) in [4.78, 5) is 12.4. The number of nitrogens with zero attached hydrogens (tertiary/aromatic N) is 2. The molecule has 0 spiro atoms. The molecule has 1 unspecified atom stereocenters. The van der Waals surface area contributed by atoms with Gasteiger partial charge in [0.25, 0.3) is 0 Å². The normalized spacial score (nSPS) is 23.5. The Bertz CT molecular complexity index is 433. The summed E-state index contributed by atoms with van der Waals surface area (Å²) in [6.07, 6.45) is 3.65. The van der Waals surface area contributed by atoms with Gasteiger partial charge in [-0.05, 0) is 44.9 Å². The van der Waals surface area contributed by atoms with Gasteiger partial charge in [-0.3, -0.25) is 9.48 Å². The van der Waals surface area contributed by atoms with E-state index >= 15 is 0 Å². The monoisotopic (exact) mass is 266 g/mol. The topological polar surface area (TPSA) is 34.9 Å². The Morgan fingerprint density at radius 1 is 1.56 bits per heavy atom. The molecule has 4 heteroatoms. The molecule has 1 aliphatic rings. The predicted molar refractivity (Wildman–Crippen MR) is 76.1 cm³/mol. The van der Waals surface area contributed by atoms with Crippen LogP contribution in [0.25, 0.3) is 0 Å². The zero-order valence-electron chi connectivity index (χ0n) is 11.5. The molecule has 100 valence electrons. The van der Waals surface area contributed by atoms with Gasteiger partial charge in [-0.15, -0.1) is 11.8 Å². The second kappa shape index (κ2) is 5.47. The zero-order chi connectivity index (χ0) is 13.2. The molecule has 0 amide bonds. The fourth-order valence-electron chi connectivity index (χ4n) is 2.45. The minimum absolute atomic E-state index is 0.158. The van der Waals surface area contributed by atoms with Crippen LogP contribution in [0.3, 0.4) is 0 Å². The summed E-state index contributed by atoms with van der Waals surface area (Å²) in [6.45, 7) is 7.11. The van der Waals surface area contributed by atoms with E-state index < -0.39 is 0 Å². The standard InChI is InChI=1S/C14H22N2OS/c1-4-11-9-12(16(5-2)15-11)10-13(17)14(3)7-6-8-18-14/h9H,4-8,10H2,1-3H3. The zero-order valence-corrected chi connectivity index (χ0v) is 12.3. The molecule has 1 aromatic rings. The lowest BCUT2D eigenvalue weighted by molar-refractivity contribution is -0.120. The summed E-state index contributed by atoms with van der Waals surface area (Å²) in [6, 6.07) is 2.09. The highest BCUT2D eigenvalue weighted by molar-refractivity contribution is 8.01. The van der Waals surface area contributed by atoms with Crippen LogP contribution in [0.4, 0.5) is 0 Å². The second-order valence-electron chi connectivity index (χ2n) is 5.08. The van der Waals surface area contributed by atoms with Crippen LogP contribution in [0.2, 0.25) is 0 Å². The summed E-state index contributed by atoms with van der Waals surface area (Å²) in [5.41, 5.74) is 2.16. The van der Waals surface area contributed by atoms with Gasteiger partial charge in [-0.25, -0.2) is 0 Å². The first kappa shape index (κ1) is 13.7. The number of Topliss-reactive ketones (excluding diaryl/α,β-unsaturated/α-hetero) is 1. The number of hydrogen-bond donors (Lipinski definition) is 0. The van der Waals surface area contributed by atoms with Crippen molar-refractivity contribution in [2.45, 2.75) is 57.7 Å². The smallest absolute Gasteiger partial charge is 0.154 e. The van der Waals surface area contributed by atoms with E-state index in [0.29, 0.717) is 12.2 Å². The van der Waals surface area contributed by atoms with Crippen LogP contribution in [-0.4, -0.2) is 26.1 Å². The molecule has 0 radical (unpaired) electrons. The molecule has 1 aromatic heterocycles. The van der Waals surface area contributed by atoms with E-state index in [0.717, 1.165) is 36.5 Å². The van der Waals surface area contributed by atoms with Crippen molar-refractivity contribution in [3.63, 3.8) is 0 Å². The number of aromatic nitrogens is 2. The molecule has 0 N–H and O–H groups in total. The largest absolute Gasteiger partial charge is 0.298 e. The summed E-state index contributed by atoms with van der Waals surface area (Å²) in [7, 11) is 0. The predicted octanol–water partition coefficient (Wildman–Crippen LogP) is 2.86. The van der Waals surface area contributed by atoms with E-state index in [1.807, 2.05) is 16.4 Å². The molecule has 1 saturated heterocycles. The number of ketones is 1. The van der Waals surface area contributed by atoms with Gasteiger partial charge in [0.15, 0.2) is 5.78 Å². The van der Waals surface area contributed by atoms with Gasteiger partial charge < -0.3 is 0 Å². The quantitative estimate of drug-likeness (QED) is 0.822. The fourth-order valence-corrected chi connectivity index (χ4v) is 3.72. The molecule has 1 fully saturated rings. The third-order valence-corrected chi connectivity index (χ3v) is 5.29. The van der Waals surface area contributed by atoms with Crippen LogP contribution in [0.15, 0.2) is 6.07 Å². The number of thioether (sulfide) groups is 1. The molecule has 2 rings (SSSR count). The number of rotatable bonds is 5. The maximum atomic E-state index is 12.4. The van der Waals surface area contributed by atoms with Gasteiger partial charge in [0.1, 0.15) is 0 Å². The third-order valence-electron chi connectivity index (χ3n) is 3.73. The molecule has 1 aliphatic heterocycles. The molecular weight excluding hydrogens is 244 g/mol. The molecule has 0 aromatic carbocycles. The van der Waals surface area contributed by atoms with Crippen molar-refractivity contribution in [2.24, 2.45) is 0 Å². The minimum atomic E-state index is -0.158. The van der Waals surface area contributed by atoms with Crippen molar-refractivity contribution >= 4 is 17.5 Å². The molecule has 1 atom stereocenters. The van der Waals surface area contributed by atoms with Crippen molar-refractivity contribution in [3.8, 4) is 0 Å². The lowest BCUT2D eigenvalue weighted by atomic mass is 9.97. The van der Waals surface area contributed by atoms with E-state index in [1.54, 1.807) is 0 Å². The van der Waals surface area contributed by atoms with E-state index in [4.69, 9.17) is 0 Å². The number of carbonyl (C=O) groups excluding carboxylic acids is 1. The first-order chi connectivity index (χ1) is 8.59. The highest BCUT2D eigenvalue weighted by Crippen LogP contribution is 2.39. The molecule has 0 bridgehead atoms. The highest BCUT2D eigenvalue weighted by Gasteiger charge is 2.36. The van der Waals surface area contributed by atoms with Gasteiger partial charge in [0, 0.05) is 18.7 Å². The van der Waals surface area contributed by atoms with Crippen LogP contribution in [0.5, 0.6) is 0 Å². The maximum Gasteiger partial charge on any atom is 0.154 e. The Morgan fingerprint density at radius 2 is 2.33 bits per heavy atom. The molecule has 3 nitrogen and oxygen atoms in total. The van der Waals surface area contributed by atoms with Gasteiger partial charge in [-0.1, -0.05) is 6.92 Å². The number of hydrogen-bond acceptors (Lipinski definition) is 3. The van der Waals surface area contributed by atoms with Crippen LogP contribution in [0.1, 0.15) is 45.0 Å². The van der Waals surface area contributed by atoms with Crippen LogP contribution < -0.4 is 0 Å². The lowest BCUT2D eigenvalue weighted by Crippen LogP contribution is -2.30. The van der Waals surface area contributed by atoms with Gasteiger partial charge >= 0.3 is 0 Å². The SMILES string of the molecule is CCc1cc(CC(=O)C2(C)CCCS2)n(CC)n1. The fraction of sp³-hybridized carbons (Fsp3) is 0.714. The van der Waals surface area contributed by atoms with Crippen molar-refractivity contribution in [3.05, 3.63) is 17.5 Å². The Hall–Kier alpha value is -0.770. The van der Waals surface area contributed by atoms with Crippen molar-refractivity contribution in [1.82, 2.24) is 9.78 Å². The number of aryl methyl sites for hydroxylation is 2. The third kappa shape index (κ3) is 2.63. The van der Waals surface area contributed by atoms with E-state index in [9.17, 15) is 4.79 Å². The van der Waals surface area contributed by atoms with Crippen LogP contribution >= 0.6 is 11.8 Å². The Morgan fingerprint density at radius 3 is 2.89 bits per heavy atom. The second-order valence-corrected chi connectivity index (χ2v) is 6.68. The molecule has 0 aliphatic carbocycles. The summed E-state index contributed by atoms with van der Waals surface area (Å²) in [5, 5.41) is 4.51. The summed E-state index contributed by atoms with van der Waals surface area (Å²) >= 11 is 1.82. The average molecular weight is 266 g/mol. The first-order valence-electron chi connectivity index (χ1n) is 6.82. The highest BCUT2D eigenvalue weighted by atomic mass is 32.2. The first-order valence-corrected chi connectivity index (χ1v) is 7.80. The van der Waals surface area contributed by atoms with Crippen LogP contribution in [0, 0.1) is 0 Å². The van der Waals surface area contributed by atoms with Crippen molar-refractivity contribution in [2.75, 3.05) is 5.75 Å². The van der Waals surface area contributed by atoms with Crippen molar-refractivity contribution < 1.29 is 4.79 Å². The lowest BCUT2D eigenvalue weighted by Gasteiger charge is -2.20. The summed E-state index contributed by atoms with van der Waals surface area (Å²) < 4.78 is 1.81. The number of carbonyl (C=O) groups is 1. The van der Waals surface area contributed by atoms with Crippen molar-refractivity contribution in [1.29, 1.82) is 0 Å².